The van der Waals surface area contributed by atoms with E-state index >= 15 is 0 Å². The Morgan fingerprint density at radius 2 is 2.10 bits per heavy atom. The molecule has 0 radical (unpaired) electrons. The standard InChI is InChI=1S/C16H17ClN2O2/c1-16(21,13-6-2-3-7-14(13)17)11-19-15(20)9-12-5-4-8-18-10-12/h2-8,10,21H,9,11H2,1H3,(H,19,20)/t16-/m0/s1. The molecule has 2 aromatic rings. The lowest BCUT2D eigenvalue weighted by Crippen LogP contribution is -2.39. The Kier molecular flexibility index (Phi) is 4.94. The average Bonchev–Trinajstić information content (AvgIpc) is 2.47. The highest BCUT2D eigenvalue weighted by Crippen LogP contribution is 2.27. The molecular formula is C16H17ClN2O2. The van der Waals surface area contributed by atoms with Crippen molar-refractivity contribution in [2.75, 3.05) is 6.54 Å². The maximum atomic E-state index is 11.9. The maximum absolute atomic E-state index is 11.9. The molecule has 21 heavy (non-hydrogen) atoms. The summed E-state index contributed by atoms with van der Waals surface area (Å²) >= 11 is 6.07. The largest absolute Gasteiger partial charge is 0.384 e. The number of carbonyl (C=O) groups excluding carboxylic acids is 1. The van der Waals surface area contributed by atoms with Crippen LogP contribution >= 0.6 is 11.6 Å². The Hall–Kier alpha value is -1.91. The number of nitrogens with zero attached hydrogens (tertiary/aromatic N) is 1. The van der Waals surface area contributed by atoms with E-state index < -0.39 is 5.60 Å². The van der Waals surface area contributed by atoms with E-state index in [1.54, 1.807) is 49.6 Å². The van der Waals surface area contributed by atoms with E-state index in [0.717, 1.165) is 5.56 Å². The van der Waals surface area contributed by atoms with Crippen LogP contribution in [-0.4, -0.2) is 22.5 Å². The lowest BCUT2D eigenvalue weighted by Gasteiger charge is -2.25. The Balaban J connectivity index is 1.96. The number of benzene rings is 1. The van der Waals surface area contributed by atoms with Crippen molar-refractivity contribution in [2.45, 2.75) is 18.9 Å². The SMILES string of the molecule is C[C@](O)(CNC(=O)Cc1cccnc1)c1ccccc1Cl. The highest BCUT2D eigenvalue weighted by Gasteiger charge is 2.26. The summed E-state index contributed by atoms with van der Waals surface area (Å²) in [5.41, 5.74) is 0.198. The molecule has 110 valence electrons. The van der Waals surface area contributed by atoms with Crippen molar-refractivity contribution in [2.24, 2.45) is 0 Å². The topological polar surface area (TPSA) is 62.2 Å². The number of rotatable bonds is 5. The molecule has 0 aliphatic heterocycles. The Morgan fingerprint density at radius 1 is 1.33 bits per heavy atom. The van der Waals surface area contributed by atoms with E-state index in [1.807, 2.05) is 6.07 Å². The predicted octanol–water partition coefficient (Wildman–Crippen LogP) is 2.30. The van der Waals surface area contributed by atoms with E-state index in [4.69, 9.17) is 11.6 Å². The molecular weight excluding hydrogens is 288 g/mol. The summed E-state index contributed by atoms with van der Waals surface area (Å²) in [7, 11) is 0. The van der Waals surface area contributed by atoms with E-state index in [0.29, 0.717) is 10.6 Å². The van der Waals surface area contributed by atoms with E-state index in [-0.39, 0.29) is 18.9 Å². The van der Waals surface area contributed by atoms with E-state index in [9.17, 15) is 9.90 Å². The number of nitrogens with one attached hydrogen (secondary N) is 1. The Labute approximate surface area is 128 Å². The molecule has 0 spiro atoms. The summed E-state index contributed by atoms with van der Waals surface area (Å²) in [6, 6.07) is 10.7. The van der Waals surface area contributed by atoms with Gasteiger partial charge >= 0.3 is 0 Å². The van der Waals surface area contributed by atoms with Crippen LogP contribution in [-0.2, 0) is 16.8 Å². The van der Waals surface area contributed by atoms with Gasteiger partial charge in [0.05, 0.1) is 13.0 Å². The second kappa shape index (κ2) is 6.70. The Bertz CT molecular complexity index is 615. The molecule has 2 N–H and O–H groups in total. The first-order valence-corrected chi connectivity index (χ1v) is 7.00. The molecule has 0 aliphatic rings. The fourth-order valence-electron chi connectivity index (χ4n) is 2.01. The number of carbonyl (C=O) groups is 1. The number of halogens is 1. The van der Waals surface area contributed by atoms with Gasteiger partial charge in [0.15, 0.2) is 0 Å². The van der Waals surface area contributed by atoms with Crippen molar-refractivity contribution in [3.05, 3.63) is 64.9 Å². The molecule has 2 rings (SSSR count). The lowest BCUT2D eigenvalue weighted by molar-refractivity contribution is -0.121. The molecule has 1 atom stereocenters. The monoisotopic (exact) mass is 304 g/mol. The highest BCUT2D eigenvalue weighted by atomic mass is 35.5. The predicted molar refractivity (Wildman–Crippen MR) is 82.0 cm³/mol. The van der Waals surface area contributed by atoms with Gasteiger partial charge < -0.3 is 10.4 Å². The molecule has 0 fully saturated rings. The van der Waals surface area contributed by atoms with Crippen molar-refractivity contribution in [3.8, 4) is 0 Å². The highest BCUT2D eigenvalue weighted by molar-refractivity contribution is 6.31. The van der Waals surface area contributed by atoms with Gasteiger partial charge in [-0.3, -0.25) is 9.78 Å². The molecule has 0 bridgehead atoms. The van der Waals surface area contributed by atoms with Crippen molar-refractivity contribution in [1.29, 1.82) is 0 Å². The van der Waals surface area contributed by atoms with Gasteiger partial charge in [-0.1, -0.05) is 35.9 Å². The zero-order chi connectivity index (χ0) is 15.3. The summed E-state index contributed by atoms with van der Waals surface area (Å²) in [6.07, 6.45) is 3.53. The summed E-state index contributed by atoms with van der Waals surface area (Å²) in [5.74, 6) is -0.171. The third-order valence-corrected chi connectivity index (χ3v) is 3.50. The number of pyridine rings is 1. The third kappa shape index (κ3) is 4.28. The zero-order valence-corrected chi connectivity index (χ0v) is 12.5. The second-order valence-corrected chi connectivity index (χ2v) is 5.48. The molecule has 5 heteroatoms. The average molecular weight is 305 g/mol. The number of hydrogen-bond acceptors (Lipinski definition) is 3. The van der Waals surface area contributed by atoms with Gasteiger partial charge in [-0.2, -0.15) is 0 Å². The molecule has 0 aliphatic carbocycles. The van der Waals surface area contributed by atoms with Crippen LogP contribution in [0.3, 0.4) is 0 Å². The molecule has 1 aromatic heterocycles. The summed E-state index contributed by atoms with van der Waals surface area (Å²) in [4.78, 5) is 15.9. The molecule has 0 saturated heterocycles. The number of aliphatic hydroxyl groups is 1. The van der Waals surface area contributed by atoms with Gasteiger partial charge in [0.1, 0.15) is 5.60 Å². The first kappa shape index (κ1) is 15.5. The number of amides is 1. The normalized spacial score (nSPS) is 13.5. The molecule has 0 saturated carbocycles. The number of aromatic nitrogens is 1. The van der Waals surface area contributed by atoms with Crippen LogP contribution in [0.5, 0.6) is 0 Å². The van der Waals surface area contributed by atoms with Crippen LogP contribution in [0.25, 0.3) is 0 Å². The third-order valence-electron chi connectivity index (χ3n) is 3.17. The van der Waals surface area contributed by atoms with Crippen molar-refractivity contribution in [3.63, 3.8) is 0 Å². The molecule has 1 amide bonds. The fraction of sp³-hybridized carbons (Fsp3) is 0.250. The van der Waals surface area contributed by atoms with Gasteiger partial charge in [-0.25, -0.2) is 0 Å². The molecule has 1 heterocycles. The van der Waals surface area contributed by atoms with Gasteiger partial charge in [-0.05, 0) is 24.6 Å². The molecule has 1 aromatic carbocycles. The van der Waals surface area contributed by atoms with Crippen LogP contribution in [0.2, 0.25) is 5.02 Å². The first-order valence-electron chi connectivity index (χ1n) is 6.62. The van der Waals surface area contributed by atoms with Crippen LogP contribution in [0.15, 0.2) is 48.8 Å². The Morgan fingerprint density at radius 3 is 2.76 bits per heavy atom. The quantitative estimate of drug-likeness (QED) is 0.891. The van der Waals surface area contributed by atoms with Gasteiger partial charge in [0.2, 0.25) is 5.91 Å². The summed E-state index contributed by atoms with van der Waals surface area (Å²) in [6.45, 7) is 1.72. The maximum Gasteiger partial charge on any atom is 0.224 e. The first-order chi connectivity index (χ1) is 9.99. The van der Waals surface area contributed by atoms with Crippen LogP contribution in [0, 0.1) is 0 Å². The van der Waals surface area contributed by atoms with Gasteiger partial charge in [-0.15, -0.1) is 0 Å². The minimum atomic E-state index is -1.22. The summed E-state index contributed by atoms with van der Waals surface area (Å²) in [5, 5.41) is 13.7. The minimum Gasteiger partial charge on any atom is -0.384 e. The van der Waals surface area contributed by atoms with Crippen molar-refractivity contribution >= 4 is 17.5 Å². The van der Waals surface area contributed by atoms with Crippen LogP contribution in [0.1, 0.15) is 18.1 Å². The minimum absolute atomic E-state index is 0.0931. The van der Waals surface area contributed by atoms with Crippen molar-refractivity contribution < 1.29 is 9.90 Å². The van der Waals surface area contributed by atoms with E-state index in [1.165, 1.54) is 0 Å². The van der Waals surface area contributed by atoms with Crippen LogP contribution < -0.4 is 5.32 Å². The summed E-state index contributed by atoms with van der Waals surface area (Å²) < 4.78 is 0. The van der Waals surface area contributed by atoms with Gasteiger partial charge in [0.25, 0.3) is 0 Å². The van der Waals surface area contributed by atoms with Gasteiger partial charge in [0, 0.05) is 23.0 Å². The molecule has 4 nitrogen and oxygen atoms in total. The smallest absolute Gasteiger partial charge is 0.224 e. The van der Waals surface area contributed by atoms with Crippen molar-refractivity contribution in [1.82, 2.24) is 10.3 Å². The number of hydrogen-bond donors (Lipinski definition) is 2. The fourth-order valence-corrected chi connectivity index (χ4v) is 2.35. The molecule has 0 unspecified atom stereocenters. The van der Waals surface area contributed by atoms with E-state index in [2.05, 4.69) is 10.3 Å². The zero-order valence-electron chi connectivity index (χ0n) is 11.7. The lowest BCUT2D eigenvalue weighted by atomic mass is 9.96. The second-order valence-electron chi connectivity index (χ2n) is 5.07. The van der Waals surface area contributed by atoms with Crippen LogP contribution in [0.4, 0.5) is 0 Å².